The van der Waals surface area contributed by atoms with Crippen LogP contribution in [0.4, 0.5) is 26.3 Å². The van der Waals surface area contributed by atoms with Crippen LogP contribution in [0.2, 0.25) is 0 Å². The molecule has 1 N–H and O–H groups in total. The summed E-state index contributed by atoms with van der Waals surface area (Å²) < 4.78 is 102. The number of amides is 1. The van der Waals surface area contributed by atoms with Gasteiger partial charge < -0.3 is 5.32 Å². The summed E-state index contributed by atoms with van der Waals surface area (Å²) in [5, 5.41) is 2.70. The van der Waals surface area contributed by atoms with Crippen LogP contribution >= 0.6 is 0 Å². The molecular weight excluding hydrogens is 474 g/mol. The quantitative estimate of drug-likeness (QED) is 0.601. The Hall–Kier alpha value is -2.63. The van der Waals surface area contributed by atoms with Gasteiger partial charge >= 0.3 is 12.4 Å². The summed E-state index contributed by atoms with van der Waals surface area (Å²) in [6, 6.07) is 5.06. The maximum Gasteiger partial charge on any atom is 0.433 e. The van der Waals surface area contributed by atoms with E-state index in [0.717, 1.165) is 30.5 Å². The van der Waals surface area contributed by atoms with Crippen LogP contribution in [0, 0.1) is 5.92 Å². The number of halogens is 6. The van der Waals surface area contributed by atoms with E-state index in [1.54, 1.807) is 0 Å². The maximum atomic E-state index is 12.9. The highest BCUT2D eigenvalue weighted by atomic mass is 32.2. The van der Waals surface area contributed by atoms with Crippen LogP contribution in [-0.2, 0) is 22.2 Å². The van der Waals surface area contributed by atoms with E-state index in [1.807, 2.05) is 0 Å². The predicted molar refractivity (Wildman–Crippen MR) is 106 cm³/mol. The number of hydrogen-bond acceptors (Lipinski definition) is 4. The second-order valence-corrected chi connectivity index (χ2v) is 9.96. The average molecular weight is 494 g/mol. The van der Waals surface area contributed by atoms with E-state index < -0.39 is 39.4 Å². The van der Waals surface area contributed by atoms with Gasteiger partial charge in [0, 0.05) is 12.2 Å². The number of aromatic nitrogens is 1. The van der Waals surface area contributed by atoms with Crippen LogP contribution in [0.1, 0.15) is 47.3 Å². The average Bonchev–Trinajstić information content (AvgIpc) is 2.74. The molecule has 1 fully saturated rings. The first-order valence-electron chi connectivity index (χ1n) is 10.00. The highest BCUT2D eigenvalue weighted by molar-refractivity contribution is 7.91. The molecular formula is C21H20F6N2O3S. The fourth-order valence-corrected chi connectivity index (χ4v) is 5.45. The number of carbonyl (C=O) groups excluding carboxylic acids is 1. The minimum absolute atomic E-state index is 0.0303. The molecule has 1 aromatic carbocycles. The van der Waals surface area contributed by atoms with Gasteiger partial charge in [-0.1, -0.05) is 6.07 Å². The van der Waals surface area contributed by atoms with E-state index in [2.05, 4.69) is 10.3 Å². The lowest BCUT2D eigenvalue weighted by molar-refractivity contribution is -0.141. The number of alkyl halides is 6. The van der Waals surface area contributed by atoms with E-state index in [9.17, 15) is 39.6 Å². The van der Waals surface area contributed by atoms with Crippen molar-refractivity contribution in [2.24, 2.45) is 5.92 Å². The molecule has 1 amide bonds. The number of carbonyl (C=O) groups is 1. The van der Waals surface area contributed by atoms with Crippen molar-refractivity contribution in [3.05, 3.63) is 59.4 Å². The Morgan fingerprint density at radius 3 is 2.18 bits per heavy atom. The highest BCUT2D eigenvalue weighted by Crippen LogP contribution is 2.32. The Morgan fingerprint density at radius 2 is 1.64 bits per heavy atom. The van der Waals surface area contributed by atoms with Crippen LogP contribution in [-0.4, -0.2) is 31.1 Å². The normalized spacial score (nSPS) is 19.8. The number of pyridine rings is 1. The Morgan fingerprint density at radius 1 is 0.970 bits per heavy atom. The van der Waals surface area contributed by atoms with Crippen LogP contribution in [0.5, 0.6) is 0 Å². The van der Waals surface area contributed by atoms with Gasteiger partial charge in [-0.15, -0.1) is 0 Å². The van der Waals surface area contributed by atoms with Gasteiger partial charge in [0.2, 0.25) is 0 Å². The molecule has 1 aliphatic rings. The van der Waals surface area contributed by atoms with Crippen molar-refractivity contribution in [2.75, 3.05) is 5.75 Å². The van der Waals surface area contributed by atoms with Gasteiger partial charge in [0.1, 0.15) is 5.69 Å². The molecule has 0 radical (unpaired) electrons. The van der Waals surface area contributed by atoms with Gasteiger partial charge in [-0.25, -0.2) is 8.42 Å². The minimum Gasteiger partial charge on any atom is -0.349 e. The standard InChI is InChI=1S/C21H20F6N2O3S/c22-20(23,24)15-2-1-3-17(10-15)33(31,32)12-13-4-7-16(8-5-13)29-19(30)14-6-9-18(28-11-14)21(25,26)27/h1-3,6,9-11,13,16H,4-5,7-8,12H2,(H,29,30)/t13-,16-. The largest absolute Gasteiger partial charge is 0.433 e. The topological polar surface area (TPSA) is 76.1 Å². The van der Waals surface area contributed by atoms with Crippen molar-refractivity contribution in [2.45, 2.75) is 49.0 Å². The van der Waals surface area contributed by atoms with Crippen molar-refractivity contribution in [1.29, 1.82) is 0 Å². The van der Waals surface area contributed by atoms with E-state index in [-0.39, 0.29) is 28.2 Å². The number of nitrogens with zero attached hydrogens (tertiary/aromatic N) is 1. The number of sulfone groups is 1. The monoisotopic (exact) mass is 494 g/mol. The molecule has 180 valence electrons. The first-order chi connectivity index (χ1) is 15.3. The summed E-state index contributed by atoms with van der Waals surface area (Å²) in [7, 11) is -3.93. The smallest absolute Gasteiger partial charge is 0.349 e. The zero-order valence-electron chi connectivity index (χ0n) is 17.1. The molecule has 0 unspecified atom stereocenters. The molecule has 0 bridgehead atoms. The van der Waals surface area contributed by atoms with Gasteiger partial charge in [-0.2, -0.15) is 26.3 Å². The molecule has 33 heavy (non-hydrogen) atoms. The third kappa shape index (κ3) is 6.46. The molecule has 12 heteroatoms. The molecule has 1 aliphatic carbocycles. The lowest BCUT2D eigenvalue weighted by Gasteiger charge is -2.29. The lowest BCUT2D eigenvalue weighted by atomic mass is 9.87. The second-order valence-electron chi connectivity index (χ2n) is 7.93. The van der Waals surface area contributed by atoms with Gasteiger partial charge in [0.25, 0.3) is 5.91 Å². The zero-order valence-corrected chi connectivity index (χ0v) is 17.9. The van der Waals surface area contributed by atoms with Gasteiger partial charge in [-0.05, 0) is 61.9 Å². The third-order valence-corrected chi connectivity index (χ3v) is 7.36. The molecule has 0 aliphatic heterocycles. The third-order valence-electron chi connectivity index (χ3n) is 5.47. The molecule has 0 saturated heterocycles. The molecule has 3 rings (SSSR count). The Bertz CT molecular complexity index is 1090. The maximum absolute atomic E-state index is 12.9. The number of hydrogen-bond donors (Lipinski definition) is 1. The van der Waals surface area contributed by atoms with Crippen molar-refractivity contribution < 1.29 is 39.6 Å². The molecule has 0 atom stereocenters. The fraction of sp³-hybridized carbons (Fsp3) is 0.429. The van der Waals surface area contributed by atoms with Crippen molar-refractivity contribution in [1.82, 2.24) is 10.3 Å². The fourth-order valence-electron chi connectivity index (χ4n) is 3.71. The molecule has 1 saturated carbocycles. The van der Waals surface area contributed by atoms with E-state index in [4.69, 9.17) is 0 Å². The van der Waals surface area contributed by atoms with Crippen molar-refractivity contribution in [3.8, 4) is 0 Å². The lowest BCUT2D eigenvalue weighted by Crippen LogP contribution is -2.38. The van der Waals surface area contributed by atoms with E-state index in [0.29, 0.717) is 37.8 Å². The summed E-state index contributed by atoms with van der Waals surface area (Å²) >= 11 is 0. The van der Waals surface area contributed by atoms with Gasteiger partial charge in [0.05, 0.1) is 21.8 Å². The van der Waals surface area contributed by atoms with Crippen LogP contribution in [0.3, 0.4) is 0 Å². The molecule has 2 aromatic rings. The predicted octanol–water partition coefficient (Wildman–Crippen LogP) is 4.88. The Labute approximate surface area is 186 Å². The Kier molecular flexibility index (Phi) is 7.06. The minimum atomic E-state index is -4.65. The number of benzene rings is 1. The van der Waals surface area contributed by atoms with Crippen molar-refractivity contribution in [3.63, 3.8) is 0 Å². The molecule has 0 spiro atoms. The summed E-state index contributed by atoms with van der Waals surface area (Å²) in [6.07, 6.45) is -6.70. The summed E-state index contributed by atoms with van der Waals surface area (Å²) in [4.78, 5) is 15.1. The summed E-state index contributed by atoms with van der Waals surface area (Å²) in [5.41, 5.74) is -2.17. The van der Waals surface area contributed by atoms with E-state index >= 15 is 0 Å². The first kappa shape index (κ1) is 25.0. The highest BCUT2D eigenvalue weighted by Gasteiger charge is 2.34. The summed E-state index contributed by atoms with van der Waals surface area (Å²) in [6.45, 7) is 0. The Balaban J connectivity index is 1.55. The number of nitrogens with one attached hydrogen (secondary N) is 1. The first-order valence-corrected chi connectivity index (χ1v) is 11.6. The van der Waals surface area contributed by atoms with Crippen molar-refractivity contribution >= 4 is 15.7 Å². The van der Waals surface area contributed by atoms with Gasteiger partial charge in [0.15, 0.2) is 9.84 Å². The van der Waals surface area contributed by atoms with Crippen LogP contribution < -0.4 is 5.32 Å². The van der Waals surface area contributed by atoms with Gasteiger partial charge in [-0.3, -0.25) is 9.78 Å². The molecule has 1 heterocycles. The van der Waals surface area contributed by atoms with E-state index in [1.165, 1.54) is 0 Å². The summed E-state index contributed by atoms with van der Waals surface area (Å²) in [5.74, 6) is -1.18. The van der Waals surface area contributed by atoms with Crippen LogP contribution in [0.25, 0.3) is 0 Å². The zero-order chi connectivity index (χ0) is 24.4. The molecule has 5 nitrogen and oxygen atoms in total. The SMILES string of the molecule is O=C(N[C@H]1CC[C@H](CS(=O)(=O)c2cccc(C(F)(F)F)c2)CC1)c1ccc(C(F)(F)F)nc1. The molecule has 1 aromatic heterocycles. The number of rotatable bonds is 5. The second kappa shape index (κ2) is 9.32. The van der Waals surface area contributed by atoms with Crippen LogP contribution in [0.15, 0.2) is 47.5 Å².